The van der Waals surface area contributed by atoms with E-state index in [4.69, 9.17) is 4.74 Å². The molecule has 0 aromatic rings. The number of amides is 1. The van der Waals surface area contributed by atoms with E-state index in [1.54, 1.807) is 6.08 Å². The Morgan fingerprint density at radius 3 is 1.10 bits per heavy atom. The lowest BCUT2D eigenvalue weighted by Crippen LogP contribution is -2.45. The van der Waals surface area contributed by atoms with Crippen LogP contribution < -0.4 is 5.32 Å². The van der Waals surface area contributed by atoms with Crippen molar-refractivity contribution in [3.05, 3.63) is 36.5 Å². The fourth-order valence-electron chi connectivity index (χ4n) is 9.61. The number of carbonyl (C=O) groups excluding carboxylic acids is 2. The second kappa shape index (κ2) is 59.6. The van der Waals surface area contributed by atoms with E-state index >= 15 is 0 Å². The third-order valence-electron chi connectivity index (χ3n) is 14.4. The maximum atomic E-state index is 12.5. The molecule has 0 saturated carbocycles. The van der Waals surface area contributed by atoms with E-state index in [9.17, 15) is 19.8 Å². The summed E-state index contributed by atoms with van der Waals surface area (Å²) >= 11 is 0. The standard InChI is InChI=1S/C64H121NO5/c1-3-5-7-9-11-13-15-17-19-21-23-24-25-26-27-29-32-36-40-44-48-52-56-62(67)61(60-66)65-63(68)57-53-49-45-41-37-33-31-35-39-43-47-51-55-59-70-64(69)58-54-50-46-42-38-34-30-28-22-20-18-16-14-12-10-8-6-4-2/h14,16,20,22,52,56,61-62,66-67H,3-13,15,17-19,21,23-51,53-55,57-60H2,1-2H3,(H,65,68)/b16-14-,22-20-,56-52+. The first-order chi connectivity index (χ1) is 34.5. The van der Waals surface area contributed by atoms with Gasteiger partial charge >= 0.3 is 5.97 Å². The van der Waals surface area contributed by atoms with E-state index < -0.39 is 12.1 Å². The van der Waals surface area contributed by atoms with Crippen LogP contribution in [0.2, 0.25) is 0 Å². The molecule has 0 spiro atoms. The molecule has 0 heterocycles. The number of nitrogens with one attached hydrogen (secondary N) is 1. The van der Waals surface area contributed by atoms with Gasteiger partial charge in [0.15, 0.2) is 0 Å². The minimum absolute atomic E-state index is 0.0136. The van der Waals surface area contributed by atoms with Gasteiger partial charge in [-0.05, 0) is 64.2 Å². The molecule has 3 N–H and O–H groups in total. The molecule has 0 rings (SSSR count). The molecular weight excluding hydrogens is 863 g/mol. The predicted octanol–water partition coefficient (Wildman–Crippen LogP) is 19.6. The topological polar surface area (TPSA) is 95.9 Å². The zero-order chi connectivity index (χ0) is 50.7. The van der Waals surface area contributed by atoms with Crippen molar-refractivity contribution in [3.63, 3.8) is 0 Å². The van der Waals surface area contributed by atoms with Crippen LogP contribution in [0.25, 0.3) is 0 Å². The molecule has 2 unspecified atom stereocenters. The SMILES string of the molecule is CCCCCC/C=C\C/C=C\CCCCCCCCCC(=O)OCCCCCCCCCCCCCCCC(=O)NC(CO)C(O)/C=C/CCCCCCCCCCCCCCCCCCCCCC. The maximum Gasteiger partial charge on any atom is 0.305 e. The first kappa shape index (κ1) is 68.1. The molecule has 412 valence electrons. The van der Waals surface area contributed by atoms with Crippen LogP contribution in [0, 0.1) is 0 Å². The number of aliphatic hydroxyl groups is 2. The zero-order valence-electron chi connectivity index (χ0n) is 47.0. The Morgan fingerprint density at radius 2 is 0.714 bits per heavy atom. The maximum absolute atomic E-state index is 12.5. The van der Waals surface area contributed by atoms with Crippen molar-refractivity contribution in [3.8, 4) is 0 Å². The van der Waals surface area contributed by atoms with E-state index in [2.05, 4.69) is 43.5 Å². The largest absolute Gasteiger partial charge is 0.466 e. The Kier molecular flexibility index (Phi) is 58.0. The molecular formula is C64H121NO5. The van der Waals surface area contributed by atoms with Crippen molar-refractivity contribution in [1.82, 2.24) is 5.32 Å². The normalized spacial score (nSPS) is 12.8. The highest BCUT2D eigenvalue weighted by molar-refractivity contribution is 5.76. The van der Waals surface area contributed by atoms with Gasteiger partial charge in [-0.3, -0.25) is 9.59 Å². The van der Waals surface area contributed by atoms with Crippen molar-refractivity contribution in [2.24, 2.45) is 0 Å². The van der Waals surface area contributed by atoms with Crippen molar-refractivity contribution >= 4 is 11.9 Å². The number of ether oxygens (including phenoxy) is 1. The fraction of sp³-hybridized carbons (Fsp3) is 0.875. The van der Waals surface area contributed by atoms with Gasteiger partial charge in [0.2, 0.25) is 5.91 Å². The molecule has 2 atom stereocenters. The lowest BCUT2D eigenvalue weighted by atomic mass is 10.0. The average molecular weight is 985 g/mol. The Hall–Kier alpha value is -1.92. The first-order valence-electron chi connectivity index (χ1n) is 31.3. The number of esters is 1. The number of hydrogen-bond donors (Lipinski definition) is 3. The summed E-state index contributed by atoms with van der Waals surface area (Å²) in [5, 5.41) is 23.2. The molecule has 0 saturated heterocycles. The number of carbonyl (C=O) groups is 2. The van der Waals surface area contributed by atoms with Gasteiger partial charge in [-0.15, -0.1) is 0 Å². The minimum atomic E-state index is -0.855. The third-order valence-corrected chi connectivity index (χ3v) is 14.4. The molecule has 0 aliphatic heterocycles. The summed E-state index contributed by atoms with van der Waals surface area (Å²) < 4.78 is 5.48. The second-order valence-electron chi connectivity index (χ2n) is 21.4. The quantitative estimate of drug-likeness (QED) is 0.0321. The van der Waals surface area contributed by atoms with Crippen LogP contribution in [0.15, 0.2) is 36.5 Å². The van der Waals surface area contributed by atoms with E-state index in [-0.39, 0.29) is 18.5 Å². The molecule has 0 radical (unpaired) electrons. The van der Waals surface area contributed by atoms with Crippen LogP contribution in [-0.4, -0.2) is 47.4 Å². The third kappa shape index (κ3) is 55.4. The Balaban J connectivity index is 3.48. The highest BCUT2D eigenvalue weighted by atomic mass is 16.5. The summed E-state index contributed by atoms with van der Waals surface area (Å²) in [4.78, 5) is 24.6. The van der Waals surface area contributed by atoms with Gasteiger partial charge < -0.3 is 20.3 Å². The molecule has 0 bridgehead atoms. The number of hydrogen-bond acceptors (Lipinski definition) is 5. The highest BCUT2D eigenvalue weighted by Gasteiger charge is 2.18. The molecule has 0 fully saturated rings. The van der Waals surface area contributed by atoms with Crippen molar-refractivity contribution in [1.29, 1.82) is 0 Å². The van der Waals surface area contributed by atoms with E-state index in [1.165, 1.54) is 244 Å². The molecule has 6 nitrogen and oxygen atoms in total. The Labute approximate surface area is 436 Å². The molecule has 1 amide bonds. The number of rotatable bonds is 58. The monoisotopic (exact) mass is 984 g/mol. The van der Waals surface area contributed by atoms with Crippen molar-refractivity contribution in [2.75, 3.05) is 13.2 Å². The van der Waals surface area contributed by atoms with E-state index in [1.807, 2.05) is 6.08 Å². The van der Waals surface area contributed by atoms with Gasteiger partial charge in [0.1, 0.15) is 0 Å². The van der Waals surface area contributed by atoms with Crippen LogP contribution in [-0.2, 0) is 14.3 Å². The first-order valence-corrected chi connectivity index (χ1v) is 31.3. The lowest BCUT2D eigenvalue weighted by molar-refractivity contribution is -0.143. The molecule has 70 heavy (non-hydrogen) atoms. The van der Waals surface area contributed by atoms with Crippen LogP contribution >= 0.6 is 0 Å². The van der Waals surface area contributed by atoms with Crippen molar-refractivity contribution < 1.29 is 24.5 Å². The molecule has 0 aliphatic rings. The van der Waals surface area contributed by atoms with Gasteiger partial charge in [-0.25, -0.2) is 0 Å². The summed E-state index contributed by atoms with van der Waals surface area (Å²) in [7, 11) is 0. The van der Waals surface area contributed by atoms with Crippen LogP contribution in [0.4, 0.5) is 0 Å². The number of unbranched alkanes of at least 4 members (excludes halogenated alkanes) is 43. The molecule has 0 aromatic carbocycles. The smallest absolute Gasteiger partial charge is 0.305 e. The molecule has 0 aliphatic carbocycles. The van der Waals surface area contributed by atoms with Gasteiger partial charge in [-0.1, -0.05) is 294 Å². The van der Waals surface area contributed by atoms with Crippen LogP contribution in [0.5, 0.6) is 0 Å². The van der Waals surface area contributed by atoms with Gasteiger partial charge in [0.25, 0.3) is 0 Å². The fourth-order valence-corrected chi connectivity index (χ4v) is 9.61. The van der Waals surface area contributed by atoms with Gasteiger partial charge in [-0.2, -0.15) is 0 Å². The Morgan fingerprint density at radius 1 is 0.400 bits per heavy atom. The molecule has 6 heteroatoms. The number of allylic oxidation sites excluding steroid dienone is 5. The summed E-state index contributed by atoms with van der Waals surface area (Å²) in [6.45, 7) is 4.88. The summed E-state index contributed by atoms with van der Waals surface area (Å²) in [5.41, 5.74) is 0. The summed E-state index contributed by atoms with van der Waals surface area (Å²) in [6.07, 6.45) is 74.6. The second-order valence-corrected chi connectivity index (χ2v) is 21.4. The number of aliphatic hydroxyl groups excluding tert-OH is 2. The molecule has 0 aromatic heterocycles. The summed E-state index contributed by atoms with van der Waals surface area (Å²) in [5.74, 6) is -0.0921. The van der Waals surface area contributed by atoms with E-state index in [0.717, 1.165) is 64.2 Å². The van der Waals surface area contributed by atoms with Crippen molar-refractivity contribution in [2.45, 2.75) is 347 Å². The zero-order valence-corrected chi connectivity index (χ0v) is 47.0. The lowest BCUT2D eigenvalue weighted by Gasteiger charge is -2.20. The minimum Gasteiger partial charge on any atom is -0.466 e. The van der Waals surface area contributed by atoms with Crippen LogP contribution in [0.3, 0.4) is 0 Å². The van der Waals surface area contributed by atoms with Crippen LogP contribution in [0.1, 0.15) is 335 Å². The Bertz CT molecular complexity index is 1130. The van der Waals surface area contributed by atoms with E-state index in [0.29, 0.717) is 19.4 Å². The predicted molar refractivity (Wildman–Crippen MR) is 306 cm³/mol. The highest BCUT2D eigenvalue weighted by Crippen LogP contribution is 2.17. The summed E-state index contributed by atoms with van der Waals surface area (Å²) in [6, 6.07) is -0.640. The van der Waals surface area contributed by atoms with Gasteiger partial charge in [0, 0.05) is 12.8 Å². The van der Waals surface area contributed by atoms with Gasteiger partial charge in [0.05, 0.1) is 25.4 Å². The average Bonchev–Trinajstić information content (AvgIpc) is 3.36.